The maximum atomic E-state index is 10.4. The van der Waals surface area contributed by atoms with Crippen LogP contribution in [-0.2, 0) is 12.0 Å². The van der Waals surface area contributed by atoms with E-state index in [1.165, 1.54) is 0 Å². The molecule has 1 aromatic carbocycles. The summed E-state index contributed by atoms with van der Waals surface area (Å²) in [6.45, 7) is 3.46. The number of aliphatic hydroxyl groups is 1. The lowest BCUT2D eigenvalue weighted by Gasteiger charge is -2.20. The highest BCUT2D eigenvalue weighted by Crippen LogP contribution is 2.53. The summed E-state index contributed by atoms with van der Waals surface area (Å²) in [5, 5.41) is 10.4. The predicted molar refractivity (Wildman–Crippen MR) is 72.3 cm³/mol. The van der Waals surface area contributed by atoms with Gasteiger partial charge in [-0.05, 0) is 25.3 Å². The zero-order chi connectivity index (χ0) is 12.8. The summed E-state index contributed by atoms with van der Waals surface area (Å²) in [5.74, 6) is 1.62. The second kappa shape index (κ2) is 4.42. The van der Waals surface area contributed by atoms with Gasteiger partial charge in [0.25, 0.3) is 0 Å². The van der Waals surface area contributed by atoms with Gasteiger partial charge < -0.3 is 14.6 Å². The lowest BCUT2D eigenvalue weighted by atomic mass is 9.97. The van der Waals surface area contributed by atoms with Crippen LogP contribution in [-0.4, -0.2) is 18.3 Å². The molecule has 18 heavy (non-hydrogen) atoms. The number of hydrogen-bond acceptors (Lipinski definition) is 3. The summed E-state index contributed by atoms with van der Waals surface area (Å²) in [7, 11) is 0. The van der Waals surface area contributed by atoms with Gasteiger partial charge in [-0.2, -0.15) is 0 Å². The van der Waals surface area contributed by atoms with Crippen LogP contribution in [0.1, 0.15) is 37.3 Å². The van der Waals surface area contributed by atoms with Crippen molar-refractivity contribution in [1.29, 1.82) is 0 Å². The van der Waals surface area contributed by atoms with Crippen molar-refractivity contribution < 1.29 is 14.6 Å². The fourth-order valence-electron chi connectivity index (χ4n) is 2.55. The number of hydrogen-bond donors (Lipinski definition) is 1. The molecule has 0 aromatic heterocycles. The molecule has 1 fully saturated rings. The van der Waals surface area contributed by atoms with Crippen molar-refractivity contribution in [2.24, 2.45) is 0 Å². The largest absolute Gasteiger partial charge is 0.490 e. The lowest BCUT2D eigenvalue weighted by Crippen LogP contribution is -2.11. The van der Waals surface area contributed by atoms with Gasteiger partial charge >= 0.3 is 0 Å². The summed E-state index contributed by atoms with van der Waals surface area (Å²) in [6.07, 6.45) is 3.40. The molecular formula is C14H17BrO3. The Morgan fingerprint density at radius 2 is 2.06 bits per heavy atom. The zero-order valence-corrected chi connectivity index (χ0v) is 12.0. The van der Waals surface area contributed by atoms with E-state index >= 15 is 0 Å². The molecular weight excluding hydrogens is 296 g/mol. The lowest BCUT2D eigenvalue weighted by molar-refractivity contribution is 0.149. The van der Waals surface area contributed by atoms with E-state index in [1.54, 1.807) is 0 Å². The van der Waals surface area contributed by atoms with Crippen LogP contribution in [0, 0.1) is 0 Å². The van der Waals surface area contributed by atoms with Crippen LogP contribution < -0.4 is 9.47 Å². The van der Waals surface area contributed by atoms with E-state index in [1.807, 2.05) is 6.07 Å². The Kier molecular flexibility index (Phi) is 3.02. The molecule has 1 heterocycles. The summed E-state index contributed by atoms with van der Waals surface area (Å²) in [4.78, 5) is 0. The molecule has 1 aliphatic heterocycles. The highest BCUT2D eigenvalue weighted by atomic mass is 79.9. The van der Waals surface area contributed by atoms with Crippen molar-refractivity contribution in [1.82, 2.24) is 0 Å². The SMILES string of the molecule is CCc1c2c(cc(Br)c1C1(O)CC1)OCCCO2. The first-order valence-corrected chi connectivity index (χ1v) is 7.29. The maximum Gasteiger partial charge on any atom is 0.164 e. The Morgan fingerprint density at radius 1 is 1.33 bits per heavy atom. The molecule has 0 unspecified atom stereocenters. The standard InChI is InChI=1S/C14H17BrO3/c1-2-9-12(14(16)4-5-14)10(15)8-11-13(9)18-7-3-6-17-11/h8,16H,2-7H2,1H3. The molecule has 1 saturated carbocycles. The molecule has 1 aromatic rings. The summed E-state index contributed by atoms with van der Waals surface area (Å²) in [5.41, 5.74) is 1.42. The van der Waals surface area contributed by atoms with E-state index in [9.17, 15) is 5.11 Å². The van der Waals surface area contributed by atoms with Crippen LogP contribution in [0.2, 0.25) is 0 Å². The van der Waals surface area contributed by atoms with Crippen molar-refractivity contribution in [3.8, 4) is 11.5 Å². The van der Waals surface area contributed by atoms with Gasteiger partial charge in [-0.3, -0.25) is 0 Å². The smallest absolute Gasteiger partial charge is 0.164 e. The third kappa shape index (κ3) is 1.91. The Hall–Kier alpha value is -0.740. The Bertz CT molecular complexity index is 480. The zero-order valence-electron chi connectivity index (χ0n) is 10.5. The fraction of sp³-hybridized carbons (Fsp3) is 0.571. The van der Waals surface area contributed by atoms with E-state index < -0.39 is 5.60 Å². The molecule has 0 spiro atoms. The number of rotatable bonds is 2. The monoisotopic (exact) mass is 312 g/mol. The molecule has 0 bridgehead atoms. The van der Waals surface area contributed by atoms with Crippen molar-refractivity contribution in [3.63, 3.8) is 0 Å². The predicted octanol–water partition coefficient (Wildman–Crippen LogP) is 3.15. The molecule has 3 rings (SSSR count). The van der Waals surface area contributed by atoms with Crippen molar-refractivity contribution in [2.45, 2.75) is 38.2 Å². The molecule has 0 atom stereocenters. The van der Waals surface area contributed by atoms with E-state index in [-0.39, 0.29) is 0 Å². The summed E-state index contributed by atoms with van der Waals surface area (Å²) >= 11 is 3.57. The van der Waals surface area contributed by atoms with Crippen LogP contribution in [0.25, 0.3) is 0 Å². The van der Waals surface area contributed by atoms with E-state index in [4.69, 9.17) is 9.47 Å². The van der Waals surface area contributed by atoms with Gasteiger partial charge in [-0.1, -0.05) is 22.9 Å². The minimum atomic E-state index is -0.658. The van der Waals surface area contributed by atoms with Crippen LogP contribution in [0.15, 0.2) is 10.5 Å². The van der Waals surface area contributed by atoms with Gasteiger partial charge in [-0.15, -0.1) is 0 Å². The van der Waals surface area contributed by atoms with Gasteiger partial charge in [-0.25, -0.2) is 0 Å². The van der Waals surface area contributed by atoms with Crippen molar-refractivity contribution in [3.05, 3.63) is 21.7 Å². The second-order valence-corrected chi connectivity index (χ2v) is 5.83. The molecule has 98 valence electrons. The molecule has 1 aliphatic carbocycles. The Labute approximate surface area is 115 Å². The van der Waals surface area contributed by atoms with E-state index in [2.05, 4.69) is 22.9 Å². The van der Waals surface area contributed by atoms with E-state index in [0.29, 0.717) is 13.2 Å². The van der Waals surface area contributed by atoms with Crippen LogP contribution in [0.3, 0.4) is 0 Å². The molecule has 4 heteroatoms. The average Bonchev–Trinajstić information content (AvgIpc) is 3.11. The molecule has 3 nitrogen and oxygen atoms in total. The van der Waals surface area contributed by atoms with Crippen molar-refractivity contribution >= 4 is 15.9 Å². The van der Waals surface area contributed by atoms with Gasteiger partial charge in [0.15, 0.2) is 11.5 Å². The van der Waals surface area contributed by atoms with E-state index in [0.717, 1.165) is 52.8 Å². The minimum absolute atomic E-state index is 0.658. The molecule has 0 radical (unpaired) electrons. The molecule has 0 saturated heterocycles. The van der Waals surface area contributed by atoms with Gasteiger partial charge in [0.2, 0.25) is 0 Å². The average molecular weight is 313 g/mol. The fourth-order valence-corrected chi connectivity index (χ4v) is 3.37. The number of halogens is 1. The van der Waals surface area contributed by atoms with Gasteiger partial charge in [0, 0.05) is 22.0 Å². The number of ether oxygens (including phenoxy) is 2. The first kappa shape index (κ1) is 12.3. The first-order chi connectivity index (χ1) is 8.65. The summed E-state index contributed by atoms with van der Waals surface area (Å²) < 4.78 is 12.5. The Morgan fingerprint density at radius 3 is 2.72 bits per heavy atom. The third-order valence-corrected chi connectivity index (χ3v) is 4.26. The van der Waals surface area contributed by atoms with Gasteiger partial charge in [0.05, 0.1) is 18.8 Å². The number of fused-ring (bicyclic) bond motifs is 1. The topological polar surface area (TPSA) is 38.7 Å². The molecule has 2 aliphatic rings. The first-order valence-electron chi connectivity index (χ1n) is 6.49. The highest BCUT2D eigenvalue weighted by Gasteiger charge is 2.46. The van der Waals surface area contributed by atoms with Crippen LogP contribution in [0.5, 0.6) is 11.5 Å². The molecule has 1 N–H and O–H groups in total. The van der Waals surface area contributed by atoms with Crippen LogP contribution >= 0.6 is 15.9 Å². The molecule has 0 amide bonds. The third-order valence-electron chi connectivity index (χ3n) is 3.63. The normalized spacial score (nSPS) is 20.4. The van der Waals surface area contributed by atoms with Gasteiger partial charge in [0.1, 0.15) is 0 Å². The quantitative estimate of drug-likeness (QED) is 0.911. The highest BCUT2D eigenvalue weighted by molar-refractivity contribution is 9.10. The minimum Gasteiger partial charge on any atom is -0.490 e. The number of benzene rings is 1. The Balaban J connectivity index is 2.18. The van der Waals surface area contributed by atoms with Crippen LogP contribution in [0.4, 0.5) is 0 Å². The second-order valence-electron chi connectivity index (χ2n) is 4.97. The summed E-state index contributed by atoms with van der Waals surface area (Å²) in [6, 6.07) is 1.94. The maximum absolute atomic E-state index is 10.4. The van der Waals surface area contributed by atoms with Crippen molar-refractivity contribution in [2.75, 3.05) is 13.2 Å².